The summed E-state index contributed by atoms with van der Waals surface area (Å²) >= 11 is 0. The second kappa shape index (κ2) is 10.3. The number of H-pyrrole nitrogens is 1. The van der Waals surface area contributed by atoms with Crippen LogP contribution in [0.3, 0.4) is 0 Å². The van der Waals surface area contributed by atoms with Crippen molar-refractivity contribution < 1.29 is 0 Å². The zero-order valence-electron chi connectivity index (χ0n) is 21.0. The van der Waals surface area contributed by atoms with Gasteiger partial charge in [-0.1, -0.05) is 6.07 Å². The van der Waals surface area contributed by atoms with E-state index in [2.05, 4.69) is 68.3 Å². The van der Waals surface area contributed by atoms with Crippen LogP contribution in [0.25, 0.3) is 23.1 Å². The number of hydrogen-bond donors (Lipinski definition) is 2. The number of likely N-dealkylation sites (N-methyl/N-ethyl adjacent to an activating group) is 1. The monoisotopic (exact) mass is 477 g/mol. The number of pyridine rings is 2. The molecule has 0 unspecified atom stereocenters. The molecule has 2 N–H and O–H groups in total. The first-order valence-corrected chi connectivity index (χ1v) is 12.3. The van der Waals surface area contributed by atoms with Crippen LogP contribution >= 0.6 is 0 Å². The molecule has 3 aromatic heterocycles. The van der Waals surface area contributed by atoms with Crippen LogP contribution in [0.5, 0.6) is 0 Å². The highest BCUT2D eigenvalue weighted by Crippen LogP contribution is 2.32. The van der Waals surface area contributed by atoms with Gasteiger partial charge in [-0.15, -0.1) is 0 Å². The van der Waals surface area contributed by atoms with Gasteiger partial charge in [-0.3, -0.25) is 14.9 Å². The molecule has 1 aliphatic heterocycles. The quantitative estimate of drug-likeness (QED) is 0.402. The lowest BCUT2D eigenvalue weighted by Crippen LogP contribution is -2.43. The fourth-order valence-electron chi connectivity index (χ4n) is 4.66. The molecule has 4 aromatic rings. The van der Waals surface area contributed by atoms with E-state index >= 15 is 0 Å². The predicted octanol–water partition coefficient (Wildman–Crippen LogP) is 5.11. The SMILES string of the molecule is Cc1ncc(C#N)c(Nc2ccc3[nH]ccc3c2C)c1C=Cc1ccc(CN2CCN(C)CC2)cn1. The van der Waals surface area contributed by atoms with Gasteiger partial charge < -0.3 is 15.2 Å². The molecule has 4 heterocycles. The summed E-state index contributed by atoms with van der Waals surface area (Å²) in [6.07, 6.45) is 9.51. The van der Waals surface area contributed by atoms with Gasteiger partial charge in [0, 0.05) is 79.2 Å². The average Bonchev–Trinajstić information content (AvgIpc) is 3.37. The summed E-state index contributed by atoms with van der Waals surface area (Å²) in [6.45, 7) is 9.37. The Morgan fingerprint density at radius 3 is 2.61 bits per heavy atom. The van der Waals surface area contributed by atoms with E-state index in [0.29, 0.717) is 5.56 Å². The van der Waals surface area contributed by atoms with E-state index in [0.717, 1.165) is 77.5 Å². The first kappa shape index (κ1) is 23.7. The first-order chi connectivity index (χ1) is 17.5. The molecule has 1 aliphatic rings. The molecule has 1 fully saturated rings. The number of rotatable bonds is 6. The van der Waals surface area contributed by atoms with Gasteiger partial charge in [-0.25, -0.2) is 0 Å². The van der Waals surface area contributed by atoms with E-state index in [9.17, 15) is 5.26 Å². The Bertz CT molecular complexity index is 1440. The molecule has 7 nitrogen and oxygen atoms in total. The molecule has 1 saturated heterocycles. The van der Waals surface area contributed by atoms with Crippen LogP contribution in [0.4, 0.5) is 11.4 Å². The summed E-state index contributed by atoms with van der Waals surface area (Å²) in [4.78, 5) is 17.2. The fourth-order valence-corrected chi connectivity index (χ4v) is 4.66. The van der Waals surface area contributed by atoms with Crippen molar-refractivity contribution in [3.63, 3.8) is 0 Å². The van der Waals surface area contributed by atoms with Gasteiger partial charge in [-0.2, -0.15) is 5.26 Å². The molecule has 1 aromatic carbocycles. The van der Waals surface area contributed by atoms with Crippen molar-refractivity contribution >= 4 is 34.4 Å². The lowest BCUT2D eigenvalue weighted by Gasteiger charge is -2.32. The standard InChI is InChI=1S/C29H31N7/c1-20-25-10-11-31-28(25)9-8-27(20)34-29-23(16-30)18-32-21(2)26(29)7-6-24-5-4-22(17-33-24)19-36-14-12-35(3)13-15-36/h4-11,17-18,31H,12-15,19H2,1-3H3,(H,32,34). The maximum absolute atomic E-state index is 9.81. The van der Waals surface area contributed by atoms with Gasteiger partial charge in [-0.05, 0) is 68.4 Å². The van der Waals surface area contributed by atoms with E-state index in [1.54, 1.807) is 6.20 Å². The second-order valence-corrected chi connectivity index (χ2v) is 9.46. The molecule has 0 radical (unpaired) electrons. The molecular formula is C29H31N7. The summed E-state index contributed by atoms with van der Waals surface area (Å²) in [7, 11) is 2.17. The molecule has 0 aliphatic carbocycles. The van der Waals surface area contributed by atoms with E-state index in [4.69, 9.17) is 0 Å². The van der Waals surface area contributed by atoms with Crippen LogP contribution in [0.15, 0.2) is 48.9 Å². The molecule has 0 amide bonds. The van der Waals surface area contributed by atoms with Crippen molar-refractivity contribution in [3.8, 4) is 6.07 Å². The lowest BCUT2D eigenvalue weighted by atomic mass is 10.0. The molecule has 7 heteroatoms. The van der Waals surface area contributed by atoms with Crippen LogP contribution in [0.1, 0.15) is 33.6 Å². The van der Waals surface area contributed by atoms with Crippen molar-refractivity contribution in [3.05, 3.63) is 82.6 Å². The fraction of sp³-hybridized carbons (Fsp3) is 0.276. The van der Waals surface area contributed by atoms with Gasteiger partial charge in [0.05, 0.1) is 16.9 Å². The summed E-state index contributed by atoms with van der Waals surface area (Å²) in [5.41, 5.74) is 8.26. The van der Waals surface area contributed by atoms with E-state index in [-0.39, 0.29) is 0 Å². The number of nitrogens with one attached hydrogen (secondary N) is 2. The molecule has 182 valence electrons. The van der Waals surface area contributed by atoms with Gasteiger partial charge in [0.25, 0.3) is 0 Å². The molecule has 5 rings (SSSR count). The molecule has 36 heavy (non-hydrogen) atoms. The van der Waals surface area contributed by atoms with Crippen LogP contribution in [-0.4, -0.2) is 58.0 Å². The van der Waals surface area contributed by atoms with Crippen LogP contribution in [-0.2, 0) is 6.54 Å². The number of aromatic amines is 1. The van der Waals surface area contributed by atoms with Crippen LogP contribution in [0.2, 0.25) is 0 Å². The minimum absolute atomic E-state index is 0.504. The van der Waals surface area contributed by atoms with Crippen LogP contribution < -0.4 is 5.32 Å². The third kappa shape index (κ3) is 5.01. The summed E-state index contributed by atoms with van der Waals surface area (Å²) in [5.74, 6) is 0. The molecule has 0 spiro atoms. The number of aryl methyl sites for hydroxylation is 2. The van der Waals surface area contributed by atoms with E-state index < -0.39 is 0 Å². The van der Waals surface area contributed by atoms with Crippen molar-refractivity contribution in [2.24, 2.45) is 0 Å². The Morgan fingerprint density at radius 2 is 1.86 bits per heavy atom. The summed E-state index contributed by atoms with van der Waals surface area (Å²) < 4.78 is 0. The number of hydrogen-bond acceptors (Lipinski definition) is 6. The van der Waals surface area contributed by atoms with Gasteiger partial charge in [0.15, 0.2) is 0 Å². The highest BCUT2D eigenvalue weighted by molar-refractivity contribution is 5.90. The number of piperazine rings is 1. The van der Waals surface area contributed by atoms with Crippen molar-refractivity contribution in [1.29, 1.82) is 5.26 Å². The van der Waals surface area contributed by atoms with Crippen molar-refractivity contribution in [2.75, 3.05) is 38.5 Å². The topological polar surface area (TPSA) is 83.9 Å². The number of fused-ring (bicyclic) bond motifs is 1. The van der Waals surface area contributed by atoms with Gasteiger partial charge in [0.2, 0.25) is 0 Å². The van der Waals surface area contributed by atoms with Crippen molar-refractivity contribution in [1.82, 2.24) is 24.8 Å². The highest BCUT2D eigenvalue weighted by Gasteiger charge is 2.15. The Hall–Kier alpha value is -3.99. The number of benzene rings is 1. The zero-order valence-corrected chi connectivity index (χ0v) is 21.0. The third-order valence-corrected chi connectivity index (χ3v) is 6.97. The second-order valence-electron chi connectivity index (χ2n) is 9.46. The Balaban J connectivity index is 1.39. The smallest absolute Gasteiger partial charge is 0.103 e. The summed E-state index contributed by atoms with van der Waals surface area (Å²) in [5, 5.41) is 14.5. The van der Waals surface area contributed by atoms with Crippen molar-refractivity contribution in [2.45, 2.75) is 20.4 Å². The minimum Gasteiger partial charge on any atom is -0.361 e. The Labute approximate surface area is 212 Å². The summed E-state index contributed by atoms with van der Waals surface area (Å²) in [6, 6.07) is 12.7. The van der Waals surface area contributed by atoms with Gasteiger partial charge >= 0.3 is 0 Å². The van der Waals surface area contributed by atoms with Gasteiger partial charge in [0.1, 0.15) is 6.07 Å². The lowest BCUT2D eigenvalue weighted by molar-refractivity contribution is 0.148. The largest absolute Gasteiger partial charge is 0.361 e. The maximum Gasteiger partial charge on any atom is 0.103 e. The molecular weight excluding hydrogens is 446 g/mol. The van der Waals surface area contributed by atoms with E-state index in [1.807, 2.05) is 43.6 Å². The number of aromatic nitrogens is 3. The number of nitrogens with zero attached hydrogens (tertiary/aromatic N) is 5. The normalized spacial score (nSPS) is 14.9. The Kier molecular flexibility index (Phi) is 6.81. The molecule has 0 saturated carbocycles. The number of nitriles is 1. The van der Waals surface area contributed by atoms with Crippen LogP contribution in [0, 0.1) is 25.2 Å². The maximum atomic E-state index is 9.81. The predicted molar refractivity (Wildman–Crippen MR) is 146 cm³/mol. The van der Waals surface area contributed by atoms with E-state index in [1.165, 1.54) is 5.56 Å². The minimum atomic E-state index is 0.504. The Morgan fingerprint density at radius 1 is 1.03 bits per heavy atom. The molecule has 0 bridgehead atoms. The average molecular weight is 478 g/mol. The highest BCUT2D eigenvalue weighted by atomic mass is 15.2. The number of anilines is 2. The first-order valence-electron chi connectivity index (χ1n) is 12.3. The third-order valence-electron chi connectivity index (χ3n) is 6.97. The molecule has 0 atom stereocenters. The zero-order chi connectivity index (χ0) is 25.1.